The number of halogens is 1. The van der Waals surface area contributed by atoms with Gasteiger partial charge in [0.2, 0.25) is 0 Å². The van der Waals surface area contributed by atoms with Crippen molar-refractivity contribution < 1.29 is 14.7 Å². The van der Waals surface area contributed by atoms with E-state index in [0.717, 1.165) is 10.6 Å². The molecular weight excluding hydrogens is 218 g/mol. The van der Waals surface area contributed by atoms with Gasteiger partial charge in [-0.05, 0) is 11.6 Å². The summed E-state index contributed by atoms with van der Waals surface area (Å²) in [6.45, 7) is 0.333. The van der Waals surface area contributed by atoms with Crippen LogP contribution in [0.15, 0.2) is 12.1 Å². The van der Waals surface area contributed by atoms with Crippen molar-refractivity contribution in [1.82, 2.24) is 5.06 Å². The topological polar surface area (TPSA) is 41.9 Å². The fourth-order valence-electron chi connectivity index (χ4n) is 1.30. The summed E-state index contributed by atoms with van der Waals surface area (Å²) in [5.74, 6) is 1.06. The van der Waals surface area contributed by atoms with Gasteiger partial charge >= 0.3 is 0 Å². The Morgan fingerprint density at radius 1 is 1.33 bits per heavy atom. The second-order valence-corrected chi connectivity index (χ2v) is 3.47. The molecule has 0 aromatic heterocycles. The summed E-state index contributed by atoms with van der Waals surface area (Å²) in [6.07, 6.45) is 0. The molecule has 84 valence electrons. The monoisotopic (exact) mass is 231 g/mol. The molecule has 0 radical (unpaired) electrons. The molecule has 0 atom stereocenters. The van der Waals surface area contributed by atoms with E-state index in [2.05, 4.69) is 0 Å². The highest BCUT2D eigenvalue weighted by molar-refractivity contribution is 6.33. The van der Waals surface area contributed by atoms with E-state index in [9.17, 15) is 0 Å². The Kier molecular flexibility index (Phi) is 4.20. The highest BCUT2D eigenvalue weighted by atomic mass is 35.5. The van der Waals surface area contributed by atoms with Gasteiger partial charge in [0.1, 0.15) is 0 Å². The van der Waals surface area contributed by atoms with Crippen LogP contribution in [-0.2, 0) is 6.54 Å². The SMILES string of the molecule is COc1ccc(CN(C)O)c(Cl)c1OC. The third-order valence-electron chi connectivity index (χ3n) is 1.96. The van der Waals surface area contributed by atoms with E-state index in [1.165, 1.54) is 7.11 Å². The maximum Gasteiger partial charge on any atom is 0.179 e. The van der Waals surface area contributed by atoms with E-state index in [1.54, 1.807) is 26.3 Å². The van der Waals surface area contributed by atoms with Crippen molar-refractivity contribution in [3.05, 3.63) is 22.7 Å². The van der Waals surface area contributed by atoms with Crippen molar-refractivity contribution in [1.29, 1.82) is 0 Å². The molecule has 1 N–H and O–H groups in total. The van der Waals surface area contributed by atoms with Gasteiger partial charge in [0, 0.05) is 7.05 Å². The number of methoxy groups -OCH3 is 2. The molecule has 15 heavy (non-hydrogen) atoms. The first-order valence-electron chi connectivity index (χ1n) is 4.39. The van der Waals surface area contributed by atoms with Crippen molar-refractivity contribution in [3.8, 4) is 11.5 Å². The summed E-state index contributed by atoms with van der Waals surface area (Å²) in [6, 6.07) is 3.54. The van der Waals surface area contributed by atoms with Gasteiger partial charge in [-0.15, -0.1) is 0 Å². The molecule has 0 aliphatic heterocycles. The average molecular weight is 232 g/mol. The summed E-state index contributed by atoms with van der Waals surface area (Å²) in [5, 5.41) is 10.6. The molecule has 0 saturated heterocycles. The lowest BCUT2D eigenvalue weighted by Crippen LogP contribution is -2.12. The van der Waals surface area contributed by atoms with Crippen LogP contribution in [0.2, 0.25) is 5.02 Å². The molecule has 0 aliphatic rings. The molecule has 1 rings (SSSR count). The van der Waals surface area contributed by atoms with Gasteiger partial charge in [0.15, 0.2) is 11.5 Å². The quantitative estimate of drug-likeness (QED) is 0.807. The van der Waals surface area contributed by atoms with Gasteiger partial charge in [0.25, 0.3) is 0 Å². The Bertz CT molecular complexity index is 342. The maximum absolute atomic E-state index is 9.12. The van der Waals surface area contributed by atoms with Gasteiger partial charge in [-0.3, -0.25) is 0 Å². The minimum atomic E-state index is 0.333. The standard InChI is InChI=1S/C10H14ClNO3/c1-12(13)6-7-4-5-8(14-2)10(15-3)9(7)11/h4-5,13H,6H2,1-3H3. The first-order chi connectivity index (χ1) is 7.10. The zero-order valence-electron chi connectivity index (χ0n) is 8.95. The fraction of sp³-hybridized carbons (Fsp3) is 0.400. The minimum Gasteiger partial charge on any atom is -0.493 e. The van der Waals surface area contributed by atoms with Crippen molar-refractivity contribution in [2.75, 3.05) is 21.3 Å². The number of nitrogens with zero attached hydrogens (tertiary/aromatic N) is 1. The molecule has 0 heterocycles. The molecule has 0 spiro atoms. The normalized spacial score (nSPS) is 10.5. The molecule has 0 saturated carbocycles. The summed E-state index contributed by atoms with van der Waals surface area (Å²) in [4.78, 5) is 0. The molecule has 0 bridgehead atoms. The van der Waals surface area contributed by atoms with Crippen molar-refractivity contribution in [2.24, 2.45) is 0 Å². The van der Waals surface area contributed by atoms with E-state index < -0.39 is 0 Å². The zero-order valence-corrected chi connectivity index (χ0v) is 9.71. The number of ether oxygens (including phenoxy) is 2. The molecule has 1 aromatic carbocycles. The highest BCUT2D eigenvalue weighted by Gasteiger charge is 2.13. The van der Waals surface area contributed by atoms with Gasteiger partial charge in [-0.2, -0.15) is 5.06 Å². The van der Waals surface area contributed by atoms with Crippen molar-refractivity contribution >= 4 is 11.6 Å². The van der Waals surface area contributed by atoms with Crippen LogP contribution < -0.4 is 9.47 Å². The Hall–Kier alpha value is -0.970. The van der Waals surface area contributed by atoms with E-state index in [0.29, 0.717) is 23.1 Å². The van der Waals surface area contributed by atoms with Crippen molar-refractivity contribution in [2.45, 2.75) is 6.54 Å². The molecule has 5 heteroatoms. The van der Waals surface area contributed by atoms with Crippen molar-refractivity contribution in [3.63, 3.8) is 0 Å². The molecule has 0 fully saturated rings. The first-order valence-corrected chi connectivity index (χ1v) is 4.77. The number of hydrogen-bond acceptors (Lipinski definition) is 4. The predicted octanol–water partition coefficient (Wildman–Crippen LogP) is 2.18. The van der Waals surface area contributed by atoms with Crippen LogP contribution in [0.1, 0.15) is 5.56 Å². The van der Waals surface area contributed by atoms with Crippen LogP contribution in [0.5, 0.6) is 11.5 Å². The average Bonchev–Trinajstić information content (AvgIpc) is 2.20. The highest BCUT2D eigenvalue weighted by Crippen LogP contribution is 2.37. The van der Waals surface area contributed by atoms with Gasteiger partial charge in [-0.25, -0.2) is 0 Å². The summed E-state index contributed by atoms with van der Waals surface area (Å²) in [7, 11) is 4.62. The van der Waals surface area contributed by atoms with E-state index in [4.69, 9.17) is 26.3 Å². The van der Waals surface area contributed by atoms with Crippen LogP contribution in [-0.4, -0.2) is 31.5 Å². The maximum atomic E-state index is 9.12. The third-order valence-corrected chi connectivity index (χ3v) is 2.38. The van der Waals surface area contributed by atoms with Crippen LogP contribution in [0.25, 0.3) is 0 Å². The molecule has 0 unspecified atom stereocenters. The van der Waals surface area contributed by atoms with Gasteiger partial charge < -0.3 is 14.7 Å². The summed E-state index contributed by atoms with van der Waals surface area (Å²) in [5.41, 5.74) is 0.777. The van der Waals surface area contributed by atoms with Crippen LogP contribution >= 0.6 is 11.6 Å². The molecule has 0 aliphatic carbocycles. The summed E-state index contributed by atoms with van der Waals surface area (Å²) < 4.78 is 10.2. The van der Waals surface area contributed by atoms with Crippen LogP contribution in [0.3, 0.4) is 0 Å². The Balaban J connectivity index is 3.11. The Labute approximate surface area is 93.9 Å². The second-order valence-electron chi connectivity index (χ2n) is 3.09. The number of hydrogen-bond donors (Lipinski definition) is 1. The first kappa shape index (κ1) is 12.1. The molecule has 1 aromatic rings. The Morgan fingerprint density at radius 3 is 2.47 bits per heavy atom. The van der Waals surface area contributed by atoms with Gasteiger partial charge in [-0.1, -0.05) is 17.7 Å². The summed E-state index contributed by atoms with van der Waals surface area (Å²) >= 11 is 6.09. The zero-order chi connectivity index (χ0) is 11.4. The van der Waals surface area contributed by atoms with E-state index >= 15 is 0 Å². The van der Waals surface area contributed by atoms with Gasteiger partial charge in [0.05, 0.1) is 25.8 Å². The number of hydroxylamine groups is 2. The number of rotatable bonds is 4. The fourth-order valence-corrected chi connectivity index (χ4v) is 1.59. The second kappa shape index (κ2) is 5.21. The third kappa shape index (κ3) is 2.75. The lowest BCUT2D eigenvalue weighted by molar-refractivity contribution is -0.0731. The predicted molar refractivity (Wildman–Crippen MR) is 57.8 cm³/mol. The number of benzene rings is 1. The van der Waals surface area contributed by atoms with E-state index in [-0.39, 0.29) is 0 Å². The Morgan fingerprint density at radius 2 is 2.00 bits per heavy atom. The molecule has 0 amide bonds. The molecule has 4 nitrogen and oxygen atoms in total. The van der Waals surface area contributed by atoms with Crippen LogP contribution in [0, 0.1) is 0 Å². The lowest BCUT2D eigenvalue weighted by atomic mass is 10.2. The minimum absolute atomic E-state index is 0.333. The smallest absolute Gasteiger partial charge is 0.179 e. The molecular formula is C10H14ClNO3. The van der Waals surface area contributed by atoms with Crippen LogP contribution in [0.4, 0.5) is 0 Å². The van der Waals surface area contributed by atoms with E-state index in [1.807, 2.05) is 0 Å². The lowest BCUT2D eigenvalue weighted by Gasteiger charge is -2.14. The largest absolute Gasteiger partial charge is 0.493 e.